The molecule has 0 bridgehead atoms. The average molecular weight is 350 g/mol. The Bertz CT molecular complexity index is 679. The summed E-state index contributed by atoms with van der Waals surface area (Å²) in [5.41, 5.74) is 0.371. The van der Waals surface area contributed by atoms with Crippen LogP contribution in [0.3, 0.4) is 0 Å². The van der Waals surface area contributed by atoms with Crippen LogP contribution >= 0.6 is 11.6 Å². The molecule has 0 aromatic heterocycles. The van der Waals surface area contributed by atoms with E-state index in [1.807, 2.05) is 0 Å². The molecule has 1 aliphatic heterocycles. The summed E-state index contributed by atoms with van der Waals surface area (Å²) in [6.45, 7) is 1.90. The van der Waals surface area contributed by atoms with Gasteiger partial charge in [-0.15, -0.1) is 0 Å². The van der Waals surface area contributed by atoms with Crippen molar-refractivity contribution in [3.05, 3.63) is 34.6 Å². The second kappa shape index (κ2) is 6.52. The lowest BCUT2D eigenvalue weighted by Crippen LogP contribution is -2.49. The van der Waals surface area contributed by atoms with Crippen molar-refractivity contribution in [1.29, 1.82) is 0 Å². The van der Waals surface area contributed by atoms with Gasteiger partial charge in [-0.2, -0.15) is 4.31 Å². The predicted molar refractivity (Wildman–Crippen MR) is 80.6 cm³/mol. The van der Waals surface area contributed by atoms with Crippen LogP contribution in [0.4, 0.5) is 4.39 Å². The van der Waals surface area contributed by atoms with Gasteiger partial charge in [0.05, 0.1) is 16.7 Å². The molecule has 0 aliphatic carbocycles. The third-order valence-corrected chi connectivity index (χ3v) is 6.16. The summed E-state index contributed by atoms with van der Waals surface area (Å²) in [4.78, 5) is 11.2. The molecule has 1 aromatic rings. The van der Waals surface area contributed by atoms with Gasteiger partial charge in [0.15, 0.2) is 0 Å². The summed E-state index contributed by atoms with van der Waals surface area (Å²) >= 11 is 5.66. The number of halogens is 2. The maximum atomic E-state index is 13.1. The SMILES string of the molecule is C[C@@H]1[C@H](C(=O)O)CCCN1S(=O)(=O)Cc1ccc(F)c(Cl)c1. The van der Waals surface area contributed by atoms with Gasteiger partial charge < -0.3 is 5.11 Å². The van der Waals surface area contributed by atoms with Crippen LogP contribution in [0.25, 0.3) is 0 Å². The number of hydrogen-bond donors (Lipinski definition) is 1. The van der Waals surface area contributed by atoms with Gasteiger partial charge in [0.2, 0.25) is 10.0 Å². The van der Waals surface area contributed by atoms with E-state index in [-0.39, 0.29) is 10.8 Å². The minimum Gasteiger partial charge on any atom is -0.481 e. The molecule has 0 unspecified atom stereocenters. The first-order valence-corrected chi connectivity index (χ1v) is 8.87. The Balaban J connectivity index is 2.22. The number of sulfonamides is 1. The topological polar surface area (TPSA) is 74.7 Å². The molecular formula is C14H17ClFNO4S. The number of piperidine rings is 1. The van der Waals surface area contributed by atoms with Gasteiger partial charge in [-0.1, -0.05) is 17.7 Å². The minimum absolute atomic E-state index is 0.136. The Hall–Kier alpha value is -1.18. The van der Waals surface area contributed by atoms with Crippen LogP contribution in [0.5, 0.6) is 0 Å². The van der Waals surface area contributed by atoms with Crippen LogP contribution in [0.15, 0.2) is 18.2 Å². The van der Waals surface area contributed by atoms with Crippen LogP contribution < -0.4 is 0 Å². The molecule has 1 aliphatic rings. The van der Waals surface area contributed by atoms with Crippen molar-refractivity contribution in [2.45, 2.75) is 31.6 Å². The van der Waals surface area contributed by atoms with E-state index in [9.17, 15) is 17.6 Å². The zero-order chi connectivity index (χ0) is 16.5. The number of carbonyl (C=O) groups is 1. The normalized spacial score (nSPS) is 23.4. The number of aliphatic carboxylic acids is 1. The standard InChI is InChI=1S/C14H17ClFNO4S/c1-9-11(14(18)19)3-2-6-17(9)22(20,21)8-10-4-5-13(16)12(15)7-10/h4-5,7,9,11H,2-3,6,8H2,1H3,(H,18,19)/t9-,11-/m1/s1. The van der Waals surface area contributed by atoms with Crippen LogP contribution in [0.2, 0.25) is 5.02 Å². The largest absolute Gasteiger partial charge is 0.481 e. The highest BCUT2D eigenvalue weighted by Gasteiger charge is 2.38. The third-order valence-electron chi connectivity index (χ3n) is 3.94. The fraction of sp³-hybridized carbons (Fsp3) is 0.500. The Morgan fingerprint density at radius 3 is 2.77 bits per heavy atom. The lowest BCUT2D eigenvalue weighted by molar-refractivity contribution is -0.144. The van der Waals surface area contributed by atoms with Gasteiger partial charge in [-0.3, -0.25) is 4.79 Å². The van der Waals surface area contributed by atoms with Crippen LogP contribution in [0.1, 0.15) is 25.3 Å². The summed E-state index contributed by atoms with van der Waals surface area (Å²) in [6.07, 6.45) is 0.968. The molecule has 2 atom stereocenters. The Morgan fingerprint density at radius 2 is 2.18 bits per heavy atom. The van der Waals surface area contributed by atoms with Crippen molar-refractivity contribution in [2.75, 3.05) is 6.54 Å². The molecule has 22 heavy (non-hydrogen) atoms. The van der Waals surface area contributed by atoms with E-state index in [2.05, 4.69) is 0 Å². The van der Waals surface area contributed by atoms with Crippen molar-refractivity contribution in [3.8, 4) is 0 Å². The monoisotopic (exact) mass is 349 g/mol. The third kappa shape index (κ3) is 3.59. The number of carboxylic acid groups (broad SMARTS) is 1. The summed E-state index contributed by atoms with van der Waals surface area (Å²) in [5.74, 6) is -2.64. The highest BCUT2D eigenvalue weighted by molar-refractivity contribution is 7.88. The highest BCUT2D eigenvalue weighted by atomic mass is 35.5. The van der Waals surface area contributed by atoms with E-state index in [0.29, 0.717) is 24.9 Å². The van der Waals surface area contributed by atoms with Crippen molar-refractivity contribution < 1.29 is 22.7 Å². The smallest absolute Gasteiger partial charge is 0.308 e. The summed E-state index contributed by atoms with van der Waals surface area (Å²) in [6, 6.07) is 3.15. The molecule has 1 saturated heterocycles. The molecule has 5 nitrogen and oxygen atoms in total. The van der Waals surface area contributed by atoms with Crippen molar-refractivity contribution in [2.24, 2.45) is 5.92 Å². The molecule has 0 radical (unpaired) electrons. The number of carboxylic acids is 1. The zero-order valence-corrected chi connectivity index (χ0v) is 13.6. The second-order valence-corrected chi connectivity index (χ2v) is 7.77. The Kier molecular flexibility index (Phi) is 5.09. The van der Waals surface area contributed by atoms with Crippen LogP contribution in [-0.2, 0) is 20.6 Å². The molecule has 2 rings (SSSR count). The molecule has 122 valence electrons. The molecule has 0 saturated carbocycles. The average Bonchev–Trinajstić information content (AvgIpc) is 2.42. The molecule has 1 aromatic carbocycles. The van der Waals surface area contributed by atoms with Crippen LogP contribution in [0, 0.1) is 11.7 Å². The van der Waals surface area contributed by atoms with E-state index < -0.39 is 33.8 Å². The molecule has 8 heteroatoms. The number of hydrogen-bond acceptors (Lipinski definition) is 3. The van der Waals surface area contributed by atoms with Crippen molar-refractivity contribution >= 4 is 27.6 Å². The van der Waals surface area contributed by atoms with E-state index in [1.54, 1.807) is 6.92 Å². The maximum absolute atomic E-state index is 13.1. The number of rotatable bonds is 4. The summed E-state index contributed by atoms with van der Waals surface area (Å²) in [5, 5.41) is 9.03. The fourth-order valence-corrected chi connectivity index (χ4v) is 4.79. The number of benzene rings is 1. The fourth-order valence-electron chi connectivity index (χ4n) is 2.76. The van der Waals surface area contributed by atoms with E-state index in [1.165, 1.54) is 16.4 Å². The van der Waals surface area contributed by atoms with Crippen molar-refractivity contribution in [3.63, 3.8) is 0 Å². The highest BCUT2D eigenvalue weighted by Crippen LogP contribution is 2.28. The van der Waals surface area contributed by atoms with Gasteiger partial charge in [0, 0.05) is 12.6 Å². The Morgan fingerprint density at radius 1 is 1.50 bits per heavy atom. The Labute approximate surface area is 133 Å². The molecule has 1 N–H and O–H groups in total. The lowest BCUT2D eigenvalue weighted by Gasteiger charge is -2.36. The van der Waals surface area contributed by atoms with Crippen LogP contribution in [-0.4, -0.2) is 36.4 Å². The quantitative estimate of drug-likeness (QED) is 0.906. The van der Waals surface area contributed by atoms with Crippen molar-refractivity contribution in [1.82, 2.24) is 4.31 Å². The second-order valence-electron chi connectivity index (χ2n) is 5.44. The summed E-state index contributed by atoms with van der Waals surface area (Å²) < 4.78 is 39.4. The summed E-state index contributed by atoms with van der Waals surface area (Å²) in [7, 11) is -3.69. The van der Waals surface area contributed by atoms with E-state index in [0.717, 1.165) is 6.07 Å². The lowest BCUT2D eigenvalue weighted by atomic mass is 9.92. The van der Waals surface area contributed by atoms with Gasteiger partial charge in [0.1, 0.15) is 5.82 Å². The van der Waals surface area contributed by atoms with Gasteiger partial charge in [-0.25, -0.2) is 12.8 Å². The molecule has 1 fully saturated rings. The zero-order valence-electron chi connectivity index (χ0n) is 12.0. The van der Waals surface area contributed by atoms with Gasteiger partial charge in [-0.05, 0) is 37.5 Å². The molecule has 1 heterocycles. The van der Waals surface area contributed by atoms with Gasteiger partial charge in [0.25, 0.3) is 0 Å². The molecular weight excluding hydrogens is 333 g/mol. The first-order chi connectivity index (χ1) is 10.2. The molecule has 0 amide bonds. The number of nitrogens with zero attached hydrogens (tertiary/aromatic N) is 1. The predicted octanol–water partition coefficient (Wildman–Crippen LogP) is 2.49. The maximum Gasteiger partial charge on any atom is 0.308 e. The van der Waals surface area contributed by atoms with E-state index >= 15 is 0 Å². The van der Waals surface area contributed by atoms with Gasteiger partial charge >= 0.3 is 5.97 Å². The first-order valence-electron chi connectivity index (χ1n) is 6.88. The molecule has 0 spiro atoms. The first kappa shape index (κ1) is 17.2. The minimum atomic E-state index is -3.69. The van der Waals surface area contributed by atoms with E-state index in [4.69, 9.17) is 16.7 Å².